The highest BCUT2D eigenvalue weighted by Crippen LogP contribution is 2.57. The van der Waals surface area contributed by atoms with Crippen molar-refractivity contribution in [2.45, 2.75) is 5.92 Å². The summed E-state index contributed by atoms with van der Waals surface area (Å²) in [6, 6.07) is 0. The van der Waals surface area contributed by atoms with Crippen LogP contribution in [0.4, 0.5) is 4.39 Å². The molecule has 0 aromatic carbocycles. The minimum atomic E-state index is -0.453. The topological polar surface area (TPSA) is 42.7 Å². The maximum absolute atomic E-state index is 14.2. The Balaban J connectivity index is 1.90. The molecule has 4 atom stereocenters. The first-order valence-corrected chi connectivity index (χ1v) is 10.5. The first kappa shape index (κ1) is 12.7. The van der Waals surface area contributed by atoms with Gasteiger partial charge in [0.15, 0.2) is 11.0 Å². The normalized spacial score (nSPS) is 29.5. The van der Waals surface area contributed by atoms with Gasteiger partial charge in [-0.3, -0.25) is 0 Å². The van der Waals surface area contributed by atoms with Crippen LogP contribution in [0.25, 0.3) is 10.9 Å². The third-order valence-electron chi connectivity index (χ3n) is 4.13. The average Bonchev–Trinajstić information content (AvgIpc) is 2.81. The van der Waals surface area contributed by atoms with Crippen LogP contribution in [0, 0.1) is 17.7 Å². The van der Waals surface area contributed by atoms with E-state index in [1.54, 1.807) is 10.6 Å². The van der Waals surface area contributed by atoms with Crippen LogP contribution in [0.1, 0.15) is 11.6 Å². The number of hydrogen-bond donors (Lipinski definition) is 1. The van der Waals surface area contributed by atoms with Gasteiger partial charge < -0.3 is 5.32 Å². The highest BCUT2D eigenvalue weighted by atomic mass is 127. The number of rotatable bonds is 2. The molecule has 1 aliphatic carbocycles. The van der Waals surface area contributed by atoms with Gasteiger partial charge in [-0.1, -0.05) is 11.6 Å². The lowest BCUT2D eigenvalue weighted by Gasteiger charge is -2.01. The van der Waals surface area contributed by atoms with Gasteiger partial charge in [0, 0.05) is 17.5 Å². The number of fused-ring (bicyclic) bond motifs is 2. The summed E-state index contributed by atoms with van der Waals surface area (Å²) < 4.78 is 15.9. The van der Waals surface area contributed by atoms with Crippen LogP contribution in [-0.2, 0) is 0 Å². The molecule has 0 bridgehead atoms. The van der Waals surface area contributed by atoms with Gasteiger partial charge in [0.2, 0.25) is 0 Å². The molecule has 19 heavy (non-hydrogen) atoms. The molecule has 2 aromatic rings. The molecule has 0 spiro atoms. The van der Waals surface area contributed by atoms with Crippen molar-refractivity contribution < 1.29 is 4.39 Å². The minimum Gasteiger partial charge on any atom is -0.316 e. The molecule has 4 nitrogen and oxygen atoms in total. The largest absolute Gasteiger partial charge is 0.316 e. The maximum atomic E-state index is 14.2. The number of piperidine rings is 1. The second-order valence-corrected chi connectivity index (χ2v) is 7.42. The minimum absolute atomic E-state index is 0.0764. The molecule has 1 saturated heterocycles. The van der Waals surface area contributed by atoms with E-state index in [9.17, 15) is 4.39 Å². The van der Waals surface area contributed by atoms with Gasteiger partial charge >= 0.3 is 0 Å². The quantitative estimate of drug-likeness (QED) is 0.470. The van der Waals surface area contributed by atoms with Crippen LogP contribution in [0.2, 0.25) is 5.15 Å². The molecule has 3 heterocycles. The Bertz CT molecular complexity index is 668. The molecule has 8 heteroatoms. The first-order chi connectivity index (χ1) is 9.22. The maximum Gasteiger partial charge on any atom is 0.186 e. The molecular formula is C11H10ClFIN4P. The number of halogens is 3. The number of aromatic nitrogens is 3. The summed E-state index contributed by atoms with van der Waals surface area (Å²) in [6.45, 7) is 2.08. The lowest BCUT2D eigenvalue weighted by atomic mass is 10.1. The van der Waals surface area contributed by atoms with E-state index < -0.39 is 5.82 Å². The van der Waals surface area contributed by atoms with Crippen molar-refractivity contribution in [3.8, 4) is 0 Å². The van der Waals surface area contributed by atoms with Crippen molar-refractivity contribution in [3.63, 3.8) is 0 Å². The number of pyridine rings is 1. The van der Waals surface area contributed by atoms with Crippen molar-refractivity contribution in [2.24, 2.45) is 11.8 Å². The van der Waals surface area contributed by atoms with E-state index in [1.807, 2.05) is 0 Å². The zero-order valence-corrected chi connectivity index (χ0v) is 13.6. The Hall–Kier alpha value is -0.0400. The lowest BCUT2D eigenvalue weighted by Crippen LogP contribution is -2.14. The second-order valence-electron chi connectivity index (χ2n) is 5.02. The van der Waals surface area contributed by atoms with Gasteiger partial charge in [-0.05, 0) is 47.0 Å². The molecule has 4 rings (SSSR count). The summed E-state index contributed by atoms with van der Waals surface area (Å²) in [5, 5.41) is 8.72. The van der Waals surface area contributed by atoms with Crippen molar-refractivity contribution in [3.05, 3.63) is 22.9 Å². The fourth-order valence-electron chi connectivity index (χ4n) is 3.19. The van der Waals surface area contributed by atoms with Crippen molar-refractivity contribution >= 4 is 50.9 Å². The molecule has 1 saturated carbocycles. The summed E-state index contributed by atoms with van der Waals surface area (Å²) >= 11 is 7.99. The molecule has 2 fully saturated rings. The van der Waals surface area contributed by atoms with E-state index in [2.05, 4.69) is 37.4 Å². The van der Waals surface area contributed by atoms with Crippen molar-refractivity contribution in [1.82, 2.24) is 19.9 Å². The fourth-order valence-corrected chi connectivity index (χ4v) is 4.83. The van der Waals surface area contributed by atoms with E-state index in [-0.39, 0.29) is 5.15 Å². The molecular weight excluding hydrogens is 400 g/mol. The number of nitrogens with one attached hydrogen (secondary N) is 1. The molecule has 0 amide bonds. The highest BCUT2D eigenvalue weighted by Gasteiger charge is 2.55. The SMILES string of the molecule is Fc1c(Cl)ncc2c(C3[C@H]4CNC[C@@H]34)nn(PI)c12. The highest BCUT2D eigenvalue weighted by molar-refractivity contribution is 14.2. The van der Waals surface area contributed by atoms with Gasteiger partial charge in [-0.15, -0.1) is 0 Å². The fraction of sp³-hybridized carbons (Fsp3) is 0.455. The molecule has 1 aliphatic heterocycles. The predicted octanol–water partition coefficient (Wildman–Crippen LogP) is 2.95. The summed E-state index contributed by atoms with van der Waals surface area (Å²) in [6.07, 6.45) is 2.02. The summed E-state index contributed by atoms with van der Waals surface area (Å²) in [4.78, 5) is 3.94. The monoisotopic (exact) mass is 410 g/mol. The Morgan fingerprint density at radius 3 is 2.89 bits per heavy atom. The van der Waals surface area contributed by atoms with Crippen LogP contribution in [0.5, 0.6) is 0 Å². The van der Waals surface area contributed by atoms with Crippen LogP contribution in [-0.4, -0.2) is 27.6 Å². The summed E-state index contributed by atoms with van der Waals surface area (Å²) in [5.41, 5.74) is 1.50. The molecule has 2 aliphatic rings. The smallest absolute Gasteiger partial charge is 0.186 e. The molecule has 2 unspecified atom stereocenters. The Morgan fingerprint density at radius 2 is 2.21 bits per heavy atom. The molecule has 2 aromatic heterocycles. The standard InChI is InChI=1S/C11H10ClFIN4P/c12-11-8(13)10-6(3-16-11)9(17-18(10)19-14)7-4-1-15-2-5(4)7/h3-5,7,15,19H,1-2H2/t4-,5+,7?. The zero-order chi connectivity index (χ0) is 13.1. The first-order valence-electron chi connectivity index (χ1n) is 6.02. The third kappa shape index (κ3) is 1.76. The molecule has 1 N–H and O–H groups in total. The van der Waals surface area contributed by atoms with E-state index in [0.717, 1.165) is 24.2 Å². The van der Waals surface area contributed by atoms with Gasteiger partial charge in [0.1, 0.15) is 5.52 Å². The third-order valence-corrected chi connectivity index (χ3v) is 6.25. The van der Waals surface area contributed by atoms with Gasteiger partial charge in [0.05, 0.1) is 12.1 Å². The Kier molecular flexibility index (Phi) is 2.99. The predicted molar refractivity (Wildman–Crippen MR) is 82.8 cm³/mol. The van der Waals surface area contributed by atoms with Crippen LogP contribution >= 0.6 is 40.0 Å². The van der Waals surface area contributed by atoms with Gasteiger partial charge in [0.25, 0.3) is 0 Å². The van der Waals surface area contributed by atoms with Crippen molar-refractivity contribution in [2.75, 3.05) is 13.1 Å². The Labute approximate surface area is 128 Å². The molecule has 100 valence electrons. The van der Waals surface area contributed by atoms with E-state index in [4.69, 9.17) is 11.6 Å². The van der Waals surface area contributed by atoms with Crippen LogP contribution in [0.15, 0.2) is 6.20 Å². The average molecular weight is 411 g/mol. The number of nitrogens with zero attached hydrogens (tertiary/aromatic N) is 3. The van der Waals surface area contributed by atoms with Crippen molar-refractivity contribution in [1.29, 1.82) is 0 Å². The van der Waals surface area contributed by atoms with Gasteiger partial charge in [-0.25, -0.2) is 13.8 Å². The Morgan fingerprint density at radius 1 is 1.47 bits per heavy atom. The van der Waals surface area contributed by atoms with E-state index >= 15 is 0 Å². The number of hydrogen-bond acceptors (Lipinski definition) is 3. The van der Waals surface area contributed by atoms with E-state index in [1.165, 1.54) is 0 Å². The van der Waals surface area contributed by atoms with Gasteiger partial charge in [-0.2, -0.15) is 5.10 Å². The lowest BCUT2D eigenvalue weighted by molar-refractivity contribution is 0.629. The van der Waals surface area contributed by atoms with Crippen LogP contribution in [0.3, 0.4) is 0 Å². The van der Waals surface area contributed by atoms with E-state index in [0.29, 0.717) is 29.6 Å². The second kappa shape index (κ2) is 4.48. The summed E-state index contributed by atoms with van der Waals surface area (Å²) in [7, 11) is 0. The summed E-state index contributed by atoms with van der Waals surface area (Å²) in [5.74, 6) is 1.32. The zero-order valence-electron chi connectivity index (χ0n) is 9.70. The molecule has 0 radical (unpaired) electrons. The van der Waals surface area contributed by atoms with Crippen LogP contribution < -0.4 is 5.32 Å².